The van der Waals surface area contributed by atoms with Gasteiger partial charge in [-0.1, -0.05) is 13.8 Å². The summed E-state index contributed by atoms with van der Waals surface area (Å²) in [6.45, 7) is 10.5. The fourth-order valence-corrected chi connectivity index (χ4v) is 4.24. The average molecular weight is 469 g/mol. The fraction of sp³-hybridized carbons (Fsp3) is 0.417. The highest BCUT2D eigenvalue weighted by molar-refractivity contribution is 7.18. The Morgan fingerprint density at radius 2 is 1.97 bits per heavy atom. The molecule has 9 heteroatoms. The molecule has 2 aromatic heterocycles. The van der Waals surface area contributed by atoms with Crippen LogP contribution in [0.15, 0.2) is 11.6 Å². The third-order valence-corrected chi connectivity index (χ3v) is 6.18. The summed E-state index contributed by atoms with van der Waals surface area (Å²) in [5.41, 5.74) is 8.65. The van der Waals surface area contributed by atoms with Crippen molar-refractivity contribution in [3.63, 3.8) is 0 Å². The maximum atomic E-state index is 12.6. The van der Waals surface area contributed by atoms with Crippen LogP contribution in [-0.2, 0) is 27.4 Å². The Labute approximate surface area is 197 Å². The van der Waals surface area contributed by atoms with E-state index in [0.29, 0.717) is 5.92 Å². The molecule has 0 amide bonds. The lowest BCUT2D eigenvalue weighted by Crippen LogP contribution is -2.11. The van der Waals surface area contributed by atoms with Gasteiger partial charge in [0.25, 0.3) is 0 Å². The van der Waals surface area contributed by atoms with Crippen LogP contribution in [0.5, 0.6) is 0 Å². The van der Waals surface area contributed by atoms with E-state index in [4.69, 9.17) is 15.2 Å². The van der Waals surface area contributed by atoms with E-state index in [-0.39, 0.29) is 39.8 Å². The van der Waals surface area contributed by atoms with E-state index in [1.807, 2.05) is 32.1 Å². The standard InChI is InChI=1S/C24H28N4O4S/c1-6-31-24(30)21-20(19(12-26)22(27)33-21)13-32-23(29)18(11-25)10-17-9-15(4)28(16(17)5)8-7-14(2)3/h9-10,14H,6-8,13,27H2,1-5H3/b18-10+. The van der Waals surface area contributed by atoms with Crippen LogP contribution in [0.3, 0.4) is 0 Å². The lowest BCUT2D eigenvalue weighted by molar-refractivity contribution is -0.139. The molecule has 0 atom stereocenters. The summed E-state index contributed by atoms with van der Waals surface area (Å²) in [7, 11) is 0. The number of carbonyl (C=O) groups is 2. The van der Waals surface area contributed by atoms with Gasteiger partial charge in [-0.05, 0) is 50.8 Å². The second-order valence-electron chi connectivity index (χ2n) is 7.89. The smallest absolute Gasteiger partial charge is 0.349 e. The normalized spacial score (nSPS) is 11.2. The Kier molecular flexibility index (Phi) is 8.84. The molecule has 2 rings (SSSR count). The number of hydrogen-bond acceptors (Lipinski definition) is 8. The number of nitriles is 2. The zero-order chi connectivity index (χ0) is 24.7. The molecule has 0 aromatic carbocycles. The third-order valence-electron chi connectivity index (χ3n) is 5.14. The Morgan fingerprint density at radius 1 is 1.27 bits per heavy atom. The summed E-state index contributed by atoms with van der Waals surface area (Å²) in [6.07, 6.45) is 2.51. The Hall–Kier alpha value is -3.56. The molecule has 8 nitrogen and oxygen atoms in total. The largest absolute Gasteiger partial charge is 0.462 e. The van der Waals surface area contributed by atoms with Crippen molar-refractivity contribution in [3.8, 4) is 12.1 Å². The maximum Gasteiger partial charge on any atom is 0.349 e. The summed E-state index contributed by atoms with van der Waals surface area (Å²) in [4.78, 5) is 24.9. The molecule has 0 aliphatic carbocycles. The average Bonchev–Trinajstić information content (AvgIpc) is 3.23. The number of ether oxygens (including phenoxy) is 2. The quantitative estimate of drug-likeness (QED) is 0.326. The van der Waals surface area contributed by atoms with Gasteiger partial charge < -0.3 is 19.8 Å². The van der Waals surface area contributed by atoms with E-state index < -0.39 is 11.9 Å². The van der Waals surface area contributed by atoms with Crippen molar-refractivity contribution in [1.82, 2.24) is 4.57 Å². The molecular weight excluding hydrogens is 440 g/mol. The summed E-state index contributed by atoms with van der Waals surface area (Å²) in [6, 6.07) is 5.73. The van der Waals surface area contributed by atoms with Crippen molar-refractivity contribution in [2.75, 3.05) is 12.3 Å². The topological polar surface area (TPSA) is 131 Å². The van der Waals surface area contributed by atoms with Crippen LogP contribution >= 0.6 is 11.3 Å². The lowest BCUT2D eigenvalue weighted by Gasteiger charge is -2.11. The van der Waals surface area contributed by atoms with Crippen molar-refractivity contribution in [2.45, 2.75) is 54.2 Å². The van der Waals surface area contributed by atoms with E-state index in [0.717, 1.165) is 41.3 Å². The molecule has 2 N–H and O–H groups in total. The van der Waals surface area contributed by atoms with E-state index in [1.165, 1.54) is 6.08 Å². The molecule has 2 aromatic rings. The number of thiophene rings is 1. The molecule has 0 fully saturated rings. The SMILES string of the molecule is CCOC(=O)c1sc(N)c(C#N)c1COC(=O)/C(C#N)=C/c1cc(C)n(CCC(C)C)c1C. The Bertz CT molecular complexity index is 1160. The summed E-state index contributed by atoms with van der Waals surface area (Å²) < 4.78 is 12.4. The number of rotatable bonds is 9. The molecule has 0 unspecified atom stereocenters. The number of aryl methyl sites for hydroxylation is 1. The molecular formula is C24H28N4O4S. The molecule has 0 aliphatic rings. The number of carbonyl (C=O) groups excluding carboxylic acids is 2. The first-order chi connectivity index (χ1) is 15.6. The maximum absolute atomic E-state index is 12.6. The van der Waals surface area contributed by atoms with Crippen molar-refractivity contribution >= 4 is 34.4 Å². The second kappa shape index (κ2) is 11.3. The minimum absolute atomic E-state index is 0.0621. The van der Waals surface area contributed by atoms with Gasteiger partial charge in [0.1, 0.15) is 34.2 Å². The summed E-state index contributed by atoms with van der Waals surface area (Å²) >= 11 is 0.902. The van der Waals surface area contributed by atoms with Gasteiger partial charge in [0.05, 0.1) is 12.2 Å². The van der Waals surface area contributed by atoms with E-state index in [2.05, 4.69) is 18.4 Å². The van der Waals surface area contributed by atoms with Gasteiger partial charge in [-0.3, -0.25) is 0 Å². The highest BCUT2D eigenvalue weighted by Crippen LogP contribution is 2.32. The van der Waals surface area contributed by atoms with Gasteiger partial charge in [-0.2, -0.15) is 10.5 Å². The van der Waals surface area contributed by atoms with Crippen LogP contribution in [0.2, 0.25) is 0 Å². The number of aromatic nitrogens is 1. The molecule has 0 saturated heterocycles. The van der Waals surface area contributed by atoms with Gasteiger partial charge in [0.15, 0.2) is 0 Å². The van der Waals surface area contributed by atoms with Gasteiger partial charge in [-0.15, -0.1) is 11.3 Å². The van der Waals surface area contributed by atoms with Crippen molar-refractivity contribution in [3.05, 3.63) is 44.6 Å². The van der Waals surface area contributed by atoms with E-state index in [1.54, 1.807) is 6.92 Å². The first-order valence-electron chi connectivity index (χ1n) is 10.6. The van der Waals surface area contributed by atoms with Crippen molar-refractivity contribution < 1.29 is 19.1 Å². The fourth-order valence-electron chi connectivity index (χ4n) is 3.32. The van der Waals surface area contributed by atoms with Gasteiger partial charge >= 0.3 is 11.9 Å². The molecule has 0 spiro atoms. The number of esters is 2. The Morgan fingerprint density at radius 3 is 2.55 bits per heavy atom. The van der Waals surface area contributed by atoms with Crippen LogP contribution in [-0.4, -0.2) is 23.1 Å². The predicted octanol–water partition coefficient (Wildman–Crippen LogP) is 4.49. The van der Waals surface area contributed by atoms with Crippen molar-refractivity contribution in [1.29, 1.82) is 10.5 Å². The van der Waals surface area contributed by atoms with E-state index in [9.17, 15) is 20.1 Å². The second-order valence-corrected chi connectivity index (χ2v) is 8.94. The van der Waals surface area contributed by atoms with Gasteiger partial charge in [0, 0.05) is 23.5 Å². The van der Waals surface area contributed by atoms with Crippen LogP contribution in [0, 0.1) is 42.4 Å². The first kappa shape index (κ1) is 25.7. The predicted molar refractivity (Wildman–Crippen MR) is 126 cm³/mol. The Balaban J connectivity index is 2.27. The number of nitrogens with two attached hydrogens (primary N) is 1. The summed E-state index contributed by atoms with van der Waals surface area (Å²) in [5, 5.41) is 19.1. The number of nitrogens with zero attached hydrogens (tertiary/aromatic N) is 3. The molecule has 0 aliphatic heterocycles. The van der Waals surface area contributed by atoms with Gasteiger partial charge in [-0.25, -0.2) is 9.59 Å². The van der Waals surface area contributed by atoms with Crippen LogP contribution in [0.1, 0.15) is 64.9 Å². The number of hydrogen-bond donors (Lipinski definition) is 1. The first-order valence-corrected chi connectivity index (χ1v) is 11.4. The summed E-state index contributed by atoms with van der Waals surface area (Å²) in [5.74, 6) is -0.946. The highest BCUT2D eigenvalue weighted by Gasteiger charge is 2.24. The number of anilines is 1. The third kappa shape index (κ3) is 6.03. The van der Waals surface area contributed by atoms with E-state index >= 15 is 0 Å². The molecule has 0 saturated carbocycles. The molecule has 0 radical (unpaired) electrons. The van der Waals surface area contributed by atoms with Crippen LogP contribution < -0.4 is 5.73 Å². The van der Waals surface area contributed by atoms with Crippen LogP contribution in [0.4, 0.5) is 5.00 Å². The molecule has 33 heavy (non-hydrogen) atoms. The van der Waals surface area contributed by atoms with Crippen LogP contribution in [0.25, 0.3) is 6.08 Å². The highest BCUT2D eigenvalue weighted by atomic mass is 32.1. The molecule has 2 heterocycles. The zero-order valence-electron chi connectivity index (χ0n) is 19.5. The lowest BCUT2D eigenvalue weighted by atomic mass is 10.1. The molecule has 174 valence electrons. The molecule has 0 bridgehead atoms. The number of nitrogen functional groups attached to an aromatic ring is 1. The van der Waals surface area contributed by atoms with Gasteiger partial charge in [0.2, 0.25) is 0 Å². The van der Waals surface area contributed by atoms with Crippen molar-refractivity contribution in [2.24, 2.45) is 5.92 Å². The minimum Gasteiger partial charge on any atom is -0.462 e. The minimum atomic E-state index is -0.854. The monoisotopic (exact) mass is 468 g/mol. The zero-order valence-corrected chi connectivity index (χ0v) is 20.3.